The molecule has 0 bridgehead atoms. The molecule has 1 saturated heterocycles. The number of morpholine rings is 1. The second-order valence-corrected chi connectivity index (χ2v) is 6.14. The summed E-state index contributed by atoms with van der Waals surface area (Å²) in [6.07, 6.45) is 0.789. The van der Waals surface area contributed by atoms with Crippen LogP contribution in [0.1, 0.15) is 15.9 Å². The van der Waals surface area contributed by atoms with E-state index in [9.17, 15) is 9.59 Å². The normalized spacial score (nSPS) is 16.1. The minimum atomic E-state index is -0.343. The van der Waals surface area contributed by atoms with Crippen molar-refractivity contribution in [3.8, 4) is 0 Å². The van der Waals surface area contributed by atoms with Crippen molar-refractivity contribution in [1.29, 1.82) is 0 Å². The van der Waals surface area contributed by atoms with Gasteiger partial charge in [0.1, 0.15) is 6.04 Å². The summed E-state index contributed by atoms with van der Waals surface area (Å²) in [5, 5.41) is 8.84. The maximum Gasteiger partial charge on any atom is 0.251 e. The zero-order chi connectivity index (χ0) is 18.2. The smallest absolute Gasteiger partial charge is 0.251 e. The first-order valence-electron chi connectivity index (χ1n) is 8.76. The maximum absolute atomic E-state index is 12.2. The molecule has 1 aliphatic heterocycles. The van der Waals surface area contributed by atoms with Crippen molar-refractivity contribution in [2.75, 3.05) is 31.6 Å². The minimum Gasteiger partial charge on any atom is -0.378 e. The molecule has 2 amide bonds. The van der Waals surface area contributed by atoms with E-state index in [-0.39, 0.29) is 30.3 Å². The highest BCUT2D eigenvalue weighted by atomic mass is 35.5. The Morgan fingerprint density at radius 3 is 2.48 bits per heavy atom. The number of carbonyl (C=O) groups is 2. The number of anilines is 1. The van der Waals surface area contributed by atoms with Crippen LogP contribution in [0.5, 0.6) is 0 Å². The fourth-order valence-electron chi connectivity index (χ4n) is 2.74. The first kappa shape index (κ1) is 20.9. The largest absolute Gasteiger partial charge is 0.378 e. The molecule has 144 valence electrons. The van der Waals surface area contributed by atoms with Gasteiger partial charge in [-0.2, -0.15) is 0 Å². The Labute approximate surface area is 165 Å². The SMILES string of the molecule is Cl.O=C(NCCc1ccccc1)c1ccc(NC(=O)C2COCCN2)cc1. The first-order valence-corrected chi connectivity index (χ1v) is 8.76. The lowest BCUT2D eigenvalue weighted by atomic mass is 10.1. The molecule has 3 rings (SSSR count). The van der Waals surface area contributed by atoms with E-state index in [2.05, 4.69) is 16.0 Å². The van der Waals surface area contributed by atoms with E-state index in [0.717, 1.165) is 6.42 Å². The number of carbonyl (C=O) groups excluding carboxylic acids is 2. The second-order valence-electron chi connectivity index (χ2n) is 6.14. The van der Waals surface area contributed by atoms with Gasteiger partial charge < -0.3 is 20.7 Å². The molecular weight excluding hydrogens is 366 g/mol. The number of hydrogen-bond donors (Lipinski definition) is 3. The van der Waals surface area contributed by atoms with E-state index in [1.54, 1.807) is 24.3 Å². The van der Waals surface area contributed by atoms with Crippen LogP contribution in [-0.2, 0) is 16.0 Å². The van der Waals surface area contributed by atoms with Gasteiger partial charge in [-0.3, -0.25) is 9.59 Å². The van der Waals surface area contributed by atoms with Gasteiger partial charge in [0, 0.05) is 24.3 Å². The van der Waals surface area contributed by atoms with E-state index in [1.807, 2.05) is 30.3 Å². The molecule has 0 spiro atoms. The lowest BCUT2D eigenvalue weighted by molar-refractivity contribution is -0.120. The summed E-state index contributed by atoms with van der Waals surface area (Å²) in [5.74, 6) is -0.258. The topological polar surface area (TPSA) is 79.5 Å². The number of ether oxygens (including phenoxy) is 1. The molecule has 0 saturated carbocycles. The van der Waals surface area contributed by atoms with Gasteiger partial charge in [0.15, 0.2) is 0 Å². The Morgan fingerprint density at radius 2 is 1.81 bits per heavy atom. The van der Waals surface area contributed by atoms with Crippen molar-refractivity contribution in [3.63, 3.8) is 0 Å². The number of nitrogens with one attached hydrogen (secondary N) is 3. The van der Waals surface area contributed by atoms with E-state index >= 15 is 0 Å². The minimum absolute atomic E-state index is 0. The zero-order valence-electron chi connectivity index (χ0n) is 14.9. The molecule has 0 radical (unpaired) electrons. The van der Waals surface area contributed by atoms with E-state index in [0.29, 0.717) is 37.6 Å². The fourth-order valence-corrected chi connectivity index (χ4v) is 2.74. The summed E-state index contributed by atoms with van der Waals surface area (Å²) >= 11 is 0. The summed E-state index contributed by atoms with van der Waals surface area (Å²) in [6, 6.07) is 16.5. The van der Waals surface area contributed by atoms with E-state index in [4.69, 9.17) is 4.74 Å². The van der Waals surface area contributed by atoms with Crippen LogP contribution in [0, 0.1) is 0 Å². The lowest BCUT2D eigenvalue weighted by Crippen LogP contribution is -2.48. The molecule has 1 unspecified atom stereocenters. The first-order chi connectivity index (χ1) is 12.7. The summed E-state index contributed by atoms with van der Waals surface area (Å²) in [5.41, 5.74) is 2.41. The van der Waals surface area contributed by atoms with E-state index in [1.165, 1.54) is 5.56 Å². The van der Waals surface area contributed by atoms with Gasteiger partial charge in [0.2, 0.25) is 5.91 Å². The summed E-state index contributed by atoms with van der Waals surface area (Å²) in [4.78, 5) is 24.3. The van der Waals surface area contributed by atoms with Gasteiger partial charge in [0.25, 0.3) is 5.91 Å². The lowest BCUT2D eigenvalue weighted by Gasteiger charge is -2.22. The molecule has 1 aliphatic rings. The molecule has 1 heterocycles. The Hall–Kier alpha value is -2.41. The predicted octanol–water partition coefficient (Wildman–Crippen LogP) is 2.01. The van der Waals surface area contributed by atoms with Crippen molar-refractivity contribution in [2.45, 2.75) is 12.5 Å². The van der Waals surface area contributed by atoms with Crippen LogP contribution in [-0.4, -0.2) is 44.2 Å². The zero-order valence-corrected chi connectivity index (χ0v) is 15.8. The van der Waals surface area contributed by atoms with Gasteiger partial charge in [-0.15, -0.1) is 12.4 Å². The standard InChI is InChI=1S/C20H23N3O3.ClH/c24-19(22-11-10-15-4-2-1-3-5-15)16-6-8-17(9-7-16)23-20(25)18-14-26-13-12-21-18;/h1-9,18,21H,10-14H2,(H,22,24)(H,23,25);1H. The van der Waals surface area contributed by atoms with Gasteiger partial charge in [-0.1, -0.05) is 30.3 Å². The van der Waals surface area contributed by atoms with Crippen molar-refractivity contribution in [2.24, 2.45) is 0 Å². The Bertz CT molecular complexity index is 732. The Morgan fingerprint density at radius 1 is 1.07 bits per heavy atom. The van der Waals surface area contributed by atoms with Crippen LogP contribution in [0.15, 0.2) is 54.6 Å². The number of amides is 2. The third-order valence-electron chi connectivity index (χ3n) is 4.19. The number of benzene rings is 2. The van der Waals surface area contributed by atoms with Crippen LogP contribution >= 0.6 is 12.4 Å². The molecule has 27 heavy (non-hydrogen) atoms. The molecular formula is C20H24ClN3O3. The average molecular weight is 390 g/mol. The number of rotatable bonds is 6. The third kappa shape index (κ3) is 6.36. The van der Waals surface area contributed by atoms with Gasteiger partial charge in [-0.05, 0) is 36.2 Å². The molecule has 6 nitrogen and oxygen atoms in total. The quantitative estimate of drug-likeness (QED) is 0.706. The van der Waals surface area contributed by atoms with Crippen LogP contribution < -0.4 is 16.0 Å². The van der Waals surface area contributed by atoms with Crippen molar-refractivity contribution >= 4 is 29.9 Å². The molecule has 7 heteroatoms. The summed E-state index contributed by atoms with van der Waals surface area (Å²) in [6.45, 7) is 2.24. The van der Waals surface area contributed by atoms with Crippen molar-refractivity contribution in [1.82, 2.24) is 10.6 Å². The van der Waals surface area contributed by atoms with Crippen LogP contribution in [0.3, 0.4) is 0 Å². The number of halogens is 1. The number of hydrogen-bond acceptors (Lipinski definition) is 4. The molecule has 0 aliphatic carbocycles. The highest BCUT2D eigenvalue weighted by molar-refractivity contribution is 5.97. The summed E-state index contributed by atoms with van der Waals surface area (Å²) in [7, 11) is 0. The summed E-state index contributed by atoms with van der Waals surface area (Å²) < 4.78 is 5.28. The van der Waals surface area contributed by atoms with Crippen molar-refractivity contribution in [3.05, 3.63) is 65.7 Å². The highest BCUT2D eigenvalue weighted by Gasteiger charge is 2.21. The third-order valence-corrected chi connectivity index (χ3v) is 4.19. The molecule has 1 atom stereocenters. The Balaban J connectivity index is 0.00000261. The van der Waals surface area contributed by atoms with Crippen molar-refractivity contribution < 1.29 is 14.3 Å². The second kappa shape index (κ2) is 10.7. The van der Waals surface area contributed by atoms with Gasteiger partial charge >= 0.3 is 0 Å². The highest BCUT2D eigenvalue weighted by Crippen LogP contribution is 2.10. The monoisotopic (exact) mass is 389 g/mol. The van der Waals surface area contributed by atoms with Gasteiger partial charge in [0.05, 0.1) is 13.2 Å². The van der Waals surface area contributed by atoms with Crippen LogP contribution in [0.4, 0.5) is 5.69 Å². The van der Waals surface area contributed by atoms with Crippen LogP contribution in [0.2, 0.25) is 0 Å². The molecule has 1 fully saturated rings. The Kier molecular flexibility index (Phi) is 8.26. The molecule has 2 aromatic carbocycles. The maximum atomic E-state index is 12.2. The predicted molar refractivity (Wildman–Crippen MR) is 107 cm³/mol. The van der Waals surface area contributed by atoms with Crippen LogP contribution in [0.25, 0.3) is 0 Å². The van der Waals surface area contributed by atoms with Gasteiger partial charge in [-0.25, -0.2) is 0 Å². The molecule has 2 aromatic rings. The molecule has 0 aromatic heterocycles. The fraction of sp³-hybridized carbons (Fsp3) is 0.300. The average Bonchev–Trinajstić information content (AvgIpc) is 2.70. The molecule has 3 N–H and O–H groups in total. The van der Waals surface area contributed by atoms with E-state index < -0.39 is 0 Å².